The van der Waals surface area contributed by atoms with Crippen LogP contribution in [0.2, 0.25) is 0 Å². The number of rotatable bonds is 5. The van der Waals surface area contributed by atoms with Gasteiger partial charge < -0.3 is 15.2 Å². The van der Waals surface area contributed by atoms with Crippen LogP contribution in [-0.4, -0.2) is 35.7 Å². The fourth-order valence-corrected chi connectivity index (χ4v) is 2.46. The van der Waals surface area contributed by atoms with Gasteiger partial charge in [0.1, 0.15) is 0 Å². The molecule has 1 saturated heterocycles. The summed E-state index contributed by atoms with van der Waals surface area (Å²) in [6.45, 7) is 2.70. The van der Waals surface area contributed by atoms with E-state index in [0.717, 1.165) is 43.9 Å². The smallest absolute Gasteiger partial charge is 0.257 e. The Bertz CT molecular complexity index is 672. The van der Waals surface area contributed by atoms with Gasteiger partial charge in [-0.1, -0.05) is 5.16 Å². The summed E-state index contributed by atoms with van der Waals surface area (Å²) in [5.41, 5.74) is 1.50. The minimum absolute atomic E-state index is 0.0392. The van der Waals surface area contributed by atoms with Crippen LogP contribution in [-0.2, 0) is 0 Å². The zero-order chi connectivity index (χ0) is 14.9. The lowest BCUT2D eigenvalue weighted by Gasteiger charge is -2.27. The van der Waals surface area contributed by atoms with Gasteiger partial charge >= 0.3 is 0 Å². The molecular weight excluding hydrogens is 280 g/mol. The first-order chi connectivity index (χ1) is 10.8. The molecule has 2 N–H and O–H groups in total. The summed E-state index contributed by atoms with van der Waals surface area (Å²) in [6, 6.07) is 7.30. The number of amides is 1. The first-order valence-electron chi connectivity index (χ1n) is 7.72. The number of hydrogen-bond acceptors (Lipinski definition) is 5. The predicted molar refractivity (Wildman–Crippen MR) is 80.4 cm³/mol. The van der Waals surface area contributed by atoms with E-state index in [1.807, 2.05) is 12.1 Å². The molecule has 0 spiro atoms. The monoisotopic (exact) mass is 298 g/mol. The molecule has 0 bridgehead atoms. The lowest BCUT2D eigenvalue weighted by Crippen LogP contribution is -2.48. The van der Waals surface area contributed by atoms with Crippen molar-refractivity contribution < 1.29 is 9.32 Å². The Morgan fingerprint density at radius 3 is 2.68 bits per heavy atom. The summed E-state index contributed by atoms with van der Waals surface area (Å²) in [5, 5.41) is 10.2. The molecule has 2 fully saturated rings. The molecule has 1 aliphatic heterocycles. The van der Waals surface area contributed by atoms with E-state index in [4.69, 9.17) is 4.52 Å². The van der Waals surface area contributed by atoms with Crippen molar-refractivity contribution in [1.82, 2.24) is 20.8 Å². The number of hydrogen-bond donors (Lipinski definition) is 2. The molecule has 1 aromatic heterocycles. The fraction of sp³-hybridized carbons (Fsp3) is 0.438. The molecule has 2 heterocycles. The minimum Gasteiger partial charge on any atom is -0.352 e. The van der Waals surface area contributed by atoms with Crippen molar-refractivity contribution in [3.05, 3.63) is 35.7 Å². The van der Waals surface area contributed by atoms with Crippen molar-refractivity contribution >= 4 is 5.91 Å². The summed E-state index contributed by atoms with van der Waals surface area (Å²) in [5.74, 6) is 2.31. The van der Waals surface area contributed by atoms with E-state index in [1.165, 1.54) is 0 Å². The van der Waals surface area contributed by atoms with E-state index in [9.17, 15) is 4.79 Å². The van der Waals surface area contributed by atoms with E-state index in [2.05, 4.69) is 20.8 Å². The Labute approximate surface area is 128 Å². The highest BCUT2D eigenvalue weighted by atomic mass is 16.5. The number of nitrogens with one attached hydrogen (secondary N) is 2. The third-order valence-corrected chi connectivity index (χ3v) is 4.20. The molecule has 4 rings (SSSR count). The summed E-state index contributed by atoms with van der Waals surface area (Å²) in [4.78, 5) is 16.5. The van der Waals surface area contributed by atoms with Gasteiger partial charge in [-0.3, -0.25) is 4.79 Å². The Morgan fingerprint density at radius 1 is 1.27 bits per heavy atom. The molecule has 6 nitrogen and oxygen atoms in total. The zero-order valence-electron chi connectivity index (χ0n) is 12.2. The SMILES string of the molecule is O=C(NCC1CNC1)c1ccc(-c2nc(C3CC3)no2)cc1. The summed E-state index contributed by atoms with van der Waals surface area (Å²) < 4.78 is 5.28. The van der Waals surface area contributed by atoms with E-state index in [-0.39, 0.29) is 5.91 Å². The van der Waals surface area contributed by atoms with Crippen LogP contribution in [0.15, 0.2) is 28.8 Å². The van der Waals surface area contributed by atoms with Gasteiger partial charge in [-0.15, -0.1) is 0 Å². The second-order valence-electron chi connectivity index (χ2n) is 6.04. The quantitative estimate of drug-likeness (QED) is 0.875. The Balaban J connectivity index is 1.41. The van der Waals surface area contributed by atoms with Gasteiger partial charge in [-0.2, -0.15) is 4.98 Å². The van der Waals surface area contributed by atoms with Crippen LogP contribution in [0.3, 0.4) is 0 Å². The van der Waals surface area contributed by atoms with Crippen molar-refractivity contribution in [3.8, 4) is 11.5 Å². The van der Waals surface area contributed by atoms with Gasteiger partial charge in [0, 0.05) is 42.6 Å². The predicted octanol–water partition coefficient (Wildman–Crippen LogP) is 1.56. The van der Waals surface area contributed by atoms with Crippen molar-refractivity contribution in [1.29, 1.82) is 0 Å². The van der Waals surface area contributed by atoms with Crippen LogP contribution in [0.1, 0.15) is 34.9 Å². The zero-order valence-corrected chi connectivity index (χ0v) is 12.2. The van der Waals surface area contributed by atoms with Gasteiger partial charge in [0.15, 0.2) is 5.82 Å². The fourth-order valence-electron chi connectivity index (χ4n) is 2.46. The Kier molecular flexibility index (Phi) is 3.38. The molecule has 0 unspecified atom stereocenters. The van der Waals surface area contributed by atoms with Crippen LogP contribution < -0.4 is 10.6 Å². The average molecular weight is 298 g/mol. The van der Waals surface area contributed by atoms with Gasteiger partial charge in [0.2, 0.25) is 0 Å². The molecule has 1 amide bonds. The number of benzene rings is 1. The normalized spacial score (nSPS) is 18.0. The van der Waals surface area contributed by atoms with Crippen LogP contribution in [0.5, 0.6) is 0 Å². The molecule has 114 valence electrons. The molecule has 1 aliphatic carbocycles. The number of carbonyl (C=O) groups is 1. The van der Waals surface area contributed by atoms with Crippen LogP contribution in [0.4, 0.5) is 0 Å². The molecule has 6 heteroatoms. The number of carbonyl (C=O) groups excluding carboxylic acids is 1. The second-order valence-corrected chi connectivity index (χ2v) is 6.04. The molecule has 1 aromatic carbocycles. The Hall–Kier alpha value is -2.21. The Morgan fingerprint density at radius 2 is 2.05 bits per heavy atom. The second kappa shape index (κ2) is 5.53. The molecule has 1 saturated carbocycles. The lowest BCUT2D eigenvalue weighted by molar-refractivity contribution is 0.0942. The number of nitrogens with zero attached hydrogens (tertiary/aromatic N) is 2. The molecule has 2 aliphatic rings. The van der Waals surface area contributed by atoms with E-state index < -0.39 is 0 Å². The molecule has 2 aromatic rings. The number of aromatic nitrogens is 2. The topological polar surface area (TPSA) is 80.0 Å². The minimum atomic E-state index is -0.0392. The maximum Gasteiger partial charge on any atom is 0.257 e. The van der Waals surface area contributed by atoms with Gasteiger partial charge in [0.25, 0.3) is 11.8 Å². The van der Waals surface area contributed by atoms with Crippen LogP contribution >= 0.6 is 0 Å². The van der Waals surface area contributed by atoms with Crippen LogP contribution in [0.25, 0.3) is 11.5 Å². The standard InChI is InChI=1S/C16H18N4O2/c21-15(18-9-10-7-17-8-10)12-3-5-13(6-4-12)16-19-14(20-22-16)11-1-2-11/h3-6,10-11,17H,1-2,7-9H2,(H,18,21). The van der Waals surface area contributed by atoms with Gasteiger partial charge in [-0.25, -0.2) is 0 Å². The van der Waals surface area contributed by atoms with Crippen molar-refractivity contribution in [2.24, 2.45) is 5.92 Å². The summed E-state index contributed by atoms with van der Waals surface area (Å²) in [7, 11) is 0. The lowest BCUT2D eigenvalue weighted by atomic mass is 10.0. The summed E-state index contributed by atoms with van der Waals surface area (Å²) in [6.07, 6.45) is 2.29. The largest absolute Gasteiger partial charge is 0.352 e. The van der Waals surface area contributed by atoms with Gasteiger partial charge in [-0.05, 0) is 37.1 Å². The van der Waals surface area contributed by atoms with Crippen LogP contribution in [0, 0.1) is 5.92 Å². The average Bonchev–Trinajstić information content (AvgIpc) is 3.23. The van der Waals surface area contributed by atoms with Crippen molar-refractivity contribution in [3.63, 3.8) is 0 Å². The molecule has 22 heavy (non-hydrogen) atoms. The van der Waals surface area contributed by atoms with E-state index in [1.54, 1.807) is 12.1 Å². The maximum atomic E-state index is 12.1. The first kappa shape index (κ1) is 13.5. The molecule has 0 radical (unpaired) electrons. The highest BCUT2D eigenvalue weighted by molar-refractivity contribution is 5.94. The van der Waals surface area contributed by atoms with Crippen molar-refractivity contribution in [2.75, 3.05) is 19.6 Å². The highest BCUT2D eigenvalue weighted by Gasteiger charge is 2.29. The highest BCUT2D eigenvalue weighted by Crippen LogP contribution is 2.38. The first-order valence-corrected chi connectivity index (χ1v) is 7.72. The van der Waals surface area contributed by atoms with E-state index in [0.29, 0.717) is 23.3 Å². The van der Waals surface area contributed by atoms with E-state index >= 15 is 0 Å². The third-order valence-electron chi connectivity index (χ3n) is 4.20. The van der Waals surface area contributed by atoms with Crippen molar-refractivity contribution in [2.45, 2.75) is 18.8 Å². The van der Waals surface area contributed by atoms with Gasteiger partial charge in [0.05, 0.1) is 0 Å². The summed E-state index contributed by atoms with van der Waals surface area (Å²) >= 11 is 0. The third kappa shape index (κ3) is 2.74. The maximum absolute atomic E-state index is 12.1. The molecular formula is C16H18N4O2. The molecule has 0 atom stereocenters.